The first-order valence-corrected chi connectivity index (χ1v) is 16.7. The Morgan fingerprint density at radius 1 is 1.00 bits per heavy atom. The van der Waals surface area contributed by atoms with Gasteiger partial charge in [0.2, 0.25) is 11.8 Å². The zero-order valence-electron chi connectivity index (χ0n) is 26.7. The molecule has 3 atom stereocenters. The van der Waals surface area contributed by atoms with Crippen LogP contribution in [0.5, 0.6) is 5.88 Å². The van der Waals surface area contributed by atoms with E-state index in [4.69, 9.17) is 9.47 Å². The zero-order chi connectivity index (χ0) is 31.2. The van der Waals surface area contributed by atoms with Gasteiger partial charge in [-0.1, -0.05) is 59.8 Å². The fourth-order valence-corrected chi connectivity index (χ4v) is 6.66. The van der Waals surface area contributed by atoms with Gasteiger partial charge in [-0.05, 0) is 69.2 Å². The quantitative estimate of drug-likeness (QED) is 0.104. The third-order valence-corrected chi connectivity index (χ3v) is 9.29. The number of esters is 1. The van der Waals surface area contributed by atoms with Crippen molar-refractivity contribution in [2.45, 2.75) is 103 Å². The van der Waals surface area contributed by atoms with Gasteiger partial charge in [-0.15, -0.1) is 11.8 Å². The molecule has 9 nitrogen and oxygen atoms in total. The number of carbonyl (C=O) groups excluding carboxylic acids is 2. The monoisotopic (exact) mass is 611 g/mol. The Hall–Kier alpha value is -3.14. The summed E-state index contributed by atoms with van der Waals surface area (Å²) >= 11 is 1.50. The highest BCUT2D eigenvalue weighted by Crippen LogP contribution is 2.36. The Morgan fingerprint density at radius 2 is 1.72 bits per heavy atom. The van der Waals surface area contributed by atoms with E-state index in [2.05, 4.69) is 53.2 Å². The summed E-state index contributed by atoms with van der Waals surface area (Å²) in [5, 5.41) is 9.87. The highest BCUT2D eigenvalue weighted by molar-refractivity contribution is 8.00. The molecule has 0 saturated carbocycles. The average molecular weight is 612 g/mol. The van der Waals surface area contributed by atoms with Crippen LogP contribution in [0.15, 0.2) is 41.7 Å². The van der Waals surface area contributed by atoms with E-state index in [1.54, 1.807) is 6.20 Å². The number of hydrogen-bond acceptors (Lipinski definition) is 8. The van der Waals surface area contributed by atoms with Crippen LogP contribution >= 0.6 is 11.8 Å². The molecule has 0 aliphatic carbocycles. The lowest BCUT2D eigenvalue weighted by molar-refractivity contribution is -0.142. The summed E-state index contributed by atoms with van der Waals surface area (Å²) in [6.07, 6.45) is 10.9. The van der Waals surface area contributed by atoms with Gasteiger partial charge in [-0.2, -0.15) is 10.1 Å². The smallest absolute Gasteiger partial charge is 0.319 e. The highest BCUT2D eigenvalue weighted by atomic mass is 32.2. The van der Waals surface area contributed by atoms with E-state index in [1.807, 2.05) is 38.1 Å². The third kappa shape index (κ3) is 9.95. The van der Waals surface area contributed by atoms with Crippen molar-refractivity contribution in [3.05, 3.63) is 36.8 Å². The first kappa shape index (κ1) is 34.4. The molecule has 3 rings (SSSR count). The molecular weight excluding hydrogens is 562 g/mol. The molecule has 1 aromatic carbocycles. The van der Waals surface area contributed by atoms with Gasteiger partial charge in [0.05, 0.1) is 18.2 Å². The fourth-order valence-electron chi connectivity index (χ4n) is 5.52. The van der Waals surface area contributed by atoms with Crippen molar-refractivity contribution in [1.82, 2.24) is 20.2 Å². The molecule has 236 valence electrons. The van der Waals surface area contributed by atoms with Crippen LogP contribution in [0.4, 0.5) is 5.69 Å². The van der Waals surface area contributed by atoms with Crippen LogP contribution in [-0.2, 0) is 14.3 Å². The van der Waals surface area contributed by atoms with E-state index in [-0.39, 0.29) is 23.7 Å². The number of aromatic nitrogens is 4. The van der Waals surface area contributed by atoms with Crippen LogP contribution in [0.3, 0.4) is 0 Å². The molecular formula is C33H49N5O4S. The largest absolute Gasteiger partial charge is 0.475 e. The van der Waals surface area contributed by atoms with Crippen molar-refractivity contribution in [3.63, 3.8) is 0 Å². The van der Waals surface area contributed by atoms with E-state index < -0.39 is 5.41 Å². The Morgan fingerprint density at radius 3 is 2.37 bits per heavy atom. The number of benzene rings is 1. The standard InChI is InChI=1S/C33H49N5O4S/c1-7-12-24(18-23(9-3)10-4)19-33(6,21-42-30-29-27(20-36-38-29)34-22-35-30)32(40)37-25-14-16-26(17-15-25)43-28(13-8-2)31(39)41-11-5/h14-17,20,22-24,28H,7-13,18-19,21H2,1-6H3,(H,36,38)(H,37,40). The molecule has 3 unspecified atom stereocenters. The molecule has 1 amide bonds. The number of amides is 1. The van der Waals surface area contributed by atoms with Crippen LogP contribution in [0, 0.1) is 17.3 Å². The fraction of sp³-hybridized carbons (Fsp3) is 0.606. The first-order chi connectivity index (χ1) is 20.8. The number of H-pyrrole nitrogens is 1. The van der Waals surface area contributed by atoms with Gasteiger partial charge in [-0.3, -0.25) is 14.7 Å². The number of hydrogen-bond donors (Lipinski definition) is 2. The number of nitrogens with zero attached hydrogens (tertiary/aromatic N) is 3. The third-order valence-electron chi connectivity index (χ3n) is 8.03. The summed E-state index contributed by atoms with van der Waals surface area (Å²) in [6.45, 7) is 13.1. The zero-order valence-corrected chi connectivity index (χ0v) is 27.5. The Kier molecular flexibility index (Phi) is 13.8. The molecule has 0 saturated heterocycles. The SMILES string of the molecule is CCCC(CC(CC)CC)CC(C)(COc1ncnc2cn[nH]c12)C(=O)Nc1ccc(SC(CCC)C(=O)OCC)cc1. The van der Waals surface area contributed by atoms with Gasteiger partial charge >= 0.3 is 5.97 Å². The number of thioether (sulfide) groups is 1. The normalized spacial score (nSPS) is 14.3. The van der Waals surface area contributed by atoms with E-state index >= 15 is 0 Å². The Bertz CT molecular complexity index is 1280. The van der Waals surface area contributed by atoms with E-state index in [0.29, 0.717) is 47.5 Å². The van der Waals surface area contributed by atoms with Gasteiger partial charge in [0.15, 0.2) is 0 Å². The van der Waals surface area contributed by atoms with Crippen LogP contribution in [0.2, 0.25) is 0 Å². The van der Waals surface area contributed by atoms with Crippen molar-refractivity contribution in [1.29, 1.82) is 0 Å². The van der Waals surface area contributed by atoms with Crippen molar-refractivity contribution < 1.29 is 19.1 Å². The van der Waals surface area contributed by atoms with Crippen molar-refractivity contribution >= 4 is 40.4 Å². The number of aromatic amines is 1. The van der Waals surface area contributed by atoms with Crippen molar-refractivity contribution in [2.75, 3.05) is 18.5 Å². The number of anilines is 1. The lowest BCUT2D eigenvalue weighted by atomic mass is 9.75. The summed E-state index contributed by atoms with van der Waals surface area (Å²) in [4.78, 5) is 35.9. The van der Waals surface area contributed by atoms with Crippen LogP contribution in [0.25, 0.3) is 11.0 Å². The van der Waals surface area contributed by atoms with E-state index in [9.17, 15) is 9.59 Å². The van der Waals surface area contributed by atoms with Crippen molar-refractivity contribution in [2.24, 2.45) is 17.3 Å². The summed E-state index contributed by atoms with van der Waals surface area (Å²) in [6, 6.07) is 7.67. The second-order valence-electron chi connectivity index (χ2n) is 11.6. The second kappa shape index (κ2) is 17.2. The molecule has 2 N–H and O–H groups in total. The lowest BCUT2D eigenvalue weighted by Gasteiger charge is -2.33. The van der Waals surface area contributed by atoms with Crippen LogP contribution < -0.4 is 10.1 Å². The number of carbonyl (C=O) groups is 2. The summed E-state index contributed by atoms with van der Waals surface area (Å²) in [5.41, 5.74) is 1.17. The molecule has 43 heavy (non-hydrogen) atoms. The maximum absolute atomic E-state index is 14.0. The van der Waals surface area contributed by atoms with Gasteiger partial charge in [0.25, 0.3) is 0 Å². The predicted molar refractivity (Wildman–Crippen MR) is 173 cm³/mol. The molecule has 0 fully saturated rings. The lowest BCUT2D eigenvalue weighted by Crippen LogP contribution is -2.40. The second-order valence-corrected chi connectivity index (χ2v) is 12.8. The highest BCUT2D eigenvalue weighted by Gasteiger charge is 2.37. The molecule has 0 aliphatic rings. The van der Waals surface area contributed by atoms with Crippen molar-refractivity contribution in [3.8, 4) is 5.88 Å². The Balaban J connectivity index is 1.80. The topological polar surface area (TPSA) is 119 Å². The molecule has 0 bridgehead atoms. The minimum atomic E-state index is -0.813. The molecule has 2 aromatic heterocycles. The van der Waals surface area contributed by atoms with E-state index in [1.165, 1.54) is 18.1 Å². The summed E-state index contributed by atoms with van der Waals surface area (Å²) in [5.74, 6) is 1.13. The minimum absolute atomic E-state index is 0.0937. The Labute approximate surface area is 260 Å². The first-order valence-electron chi connectivity index (χ1n) is 15.8. The molecule has 3 aromatic rings. The maximum Gasteiger partial charge on any atom is 0.319 e. The number of ether oxygens (including phenoxy) is 2. The number of nitrogens with one attached hydrogen (secondary N) is 2. The minimum Gasteiger partial charge on any atom is -0.475 e. The molecule has 10 heteroatoms. The van der Waals surface area contributed by atoms with E-state index in [0.717, 1.165) is 49.8 Å². The maximum atomic E-state index is 14.0. The summed E-state index contributed by atoms with van der Waals surface area (Å²) in [7, 11) is 0. The molecule has 0 spiro atoms. The van der Waals surface area contributed by atoms with Gasteiger partial charge in [0, 0.05) is 10.6 Å². The molecule has 0 aliphatic heterocycles. The van der Waals surface area contributed by atoms with Gasteiger partial charge in [-0.25, -0.2) is 4.98 Å². The predicted octanol–water partition coefficient (Wildman–Crippen LogP) is 7.83. The number of rotatable bonds is 19. The van der Waals surface area contributed by atoms with Gasteiger partial charge < -0.3 is 14.8 Å². The number of fused-ring (bicyclic) bond motifs is 1. The molecule has 2 heterocycles. The average Bonchev–Trinajstić information content (AvgIpc) is 3.49. The van der Waals surface area contributed by atoms with Gasteiger partial charge in [0.1, 0.15) is 29.2 Å². The summed E-state index contributed by atoms with van der Waals surface area (Å²) < 4.78 is 11.5. The molecule has 0 radical (unpaired) electrons. The van der Waals surface area contributed by atoms with Crippen LogP contribution in [0.1, 0.15) is 92.9 Å². The van der Waals surface area contributed by atoms with Crippen LogP contribution in [-0.4, -0.2) is 50.5 Å².